The molecule has 2 aromatic rings. The van der Waals surface area contributed by atoms with Gasteiger partial charge in [0.25, 0.3) is 0 Å². The molecule has 1 aromatic heterocycles. The molecular weight excluding hydrogens is 292 g/mol. The van der Waals surface area contributed by atoms with E-state index in [9.17, 15) is 5.11 Å². The van der Waals surface area contributed by atoms with Crippen LogP contribution in [0.5, 0.6) is 0 Å². The fourth-order valence-corrected chi connectivity index (χ4v) is 2.15. The molecule has 0 amide bonds. The maximum Gasteiger partial charge on any atom is 0.229 e. The largest absolute Gasteiger partial charge is 0.391 e. The van der Waals surface area contributed by atoms with Crippen LogP contribution in [0.25, 0.3) is 0 Å². The van der Waals surface area contributed by atoms with Crippen LogP contribution in [0.15, 0.2) is 30.3 Å². The van der Waals surface area contributed by atoms with Gasteiger partial charge in [-0.25, -0.2) is 0 Å². The van der Waals surface area contributed by atoms with Crippen molar-refractivity contribution in [1.82, 2.24) is 15.0 Å². The van der Waals surface area contributed by atoms with Gasteiger partial charge in [0.1, 0.15) is 0 Å². The Hall–Kier alpha value is -2.41. The SMILES string of the molecule is CC[C@H](O)CN(Cc1nc(N)nc(N(C)C)n1)c1ccccc1. The Morgan fingerprint density at radius 2 is 1.83 bits per heavy atom. The second-order valence-corrected chi connectivity index (χ2v) is 5.58. The Balaban J connectivity index is 2.27. The van der Waals surface area contributed by atoms with Crippen molar-refractivity contribution < 1.29 is 5.11 Å². The number of anilines is 3. The molecule has 0 saturated heterocycles. The Labute approximate surface area is 136 Å². The molecule has 124 valence electrons. The number of aromatic nitrogens is 3. The molecule has 0 unspecified atom stereocenters. The van der Waals surface area contributed by atoms with Crippen LogP contribution in [-0.2, 0) is 6.54 Å². The summed E-state index contributed by atoms with van der Waals surface area (Å²) < 4.78 is 0. The minimum absolute atomic E-state index is 0.197. The topological polar surface area (TPSA) is 91.4 Å². The van der Waals surface area contributed by atoms with Crippen LogP contribution in [-0.4, -0.2) is 46.8 Å². The Morgan fingerprint density at radius 1 is 1.13 bits per heavy atom. The van der Waals surface area contributed by atoms with Crippen molar-refractivity contribution in [3.05, 3.63) is 36.2 Å². The number of benzene rings is 1. The third-order valence-corrected chi connectivity index (χ3v) is 3.44. The smallest absolute Gasteiger partial charge is 0.229 e. The number of hydrogen-bond donors (Lipinski definition) is 2. The van der Waals surface area contributed by atoms with Gasteiger partial charge >= 0.3 is 0 Å². The monoisotopic (exact) mass is 316 g/mol. The second kappa shape index (κ2) is 7.73. The van der Waals surface area contributed by atoms with Gasteiger partial charge in [-0.2, -0.15) is 15.0 Å². The number of aliphatic hydroxyl groups excluding tert-OH is 1. The lowest BCUT2D eigenvalue weighted by Crippen LogP contribution is -2.32. The van der Waals surface area contributed by atoms with Gasteiger partial charge in [-0.1, -0.05) is 25.1 Å². The first-order chi connectivity index (χ1) is 11.0. The highest BCUT2D eigenvalue weighted by molar-refractivity contribution is 5.46. The molecule has 23 heavy (non-hydrogen) atoms. The fourth-order valence-electron chi connectivity index (χ4n) is 2.15. The lowest BCUT2D eigenvalue weighted by molar-refractivity contribution is 0.175. The van der Waals surface area contributed by atoms with Crippen molar-refractivity contribution in [3.63, 3.8) is 0 Å². The second-order valence-electron chi connectivity index (χ2n) is 5.58. The van der Waals surface area contributed by atoms with Gasteiger partial charge in [-0.3, -0.25) is 0 Å². The van der Waals surface area contributed by atoms with E-state index in [-0.39, 0.29) is 5.95 Å². The van der Waals surface area contributed by atoms with Crippen LogP contribution in [0, 0.1) is 0 Å². The molecule has 0 aliphatic rings. The molecule has 0 bridgehead atoms. The Kier molecular flexibility index (Phi) is 5.70. The minimum atomic E-state index is -0.414. The van der Waals surface area contributed by atoms with E-state index in [1.165, 1.54) is 0 Å². The zero-order chi connectivity index (χ0) is 16.8. The summed E-state index contributed by atoms with van der Waals surface area (Å²) in [5, 5.41) is 10.0. The van der Waals surface area contributed by atoms with Crippen LogP contribution in [0.1, 0.15) is 19.2 Å². The van der Waals surface area contributed by atoms with Gasteiger partial charge in [0.05, 0.1) is 12.6 Å². The maximum absolute atomic E-state index is 10.0. The van der Waals surface area contributed by atoms with Crippen LogP contribution < -0.4 is 15.5 Å². The number of nitrogen functional groups attached to an aromatic ring is 1. The van der Waals surface area contributed by atoms with Gasteiger partial charge in [0, 0.05) is 26.3 Å². The lowest BCUT2D eigenvalue weighted by Gasteiger charge is -2.26. The van der Waals surface area contributed by atoms with E-state index in [2.05, 4.69) is 15.0 Å². The van der Waals surface area contributed by atoms with Crippen LogP contribution in [0.2, 0.25) is 0 Å². The normalized spacial score (nSPS) is 12.0. The number of aliphatic hydroxyl groups is 1. The molecule has 7 nitrogen and oxygen atoms in total. The first-order valence-corrected chi connectivity index (χ1v) is 7.65. The summed E-state index contributed by atoms with van der Waals surface area (Å²) in [4.78, 5) is 16.6. The summed E-state index contributed by atoms with van der Waals surface area (Å²) in [6.45, 7) is 2.91. The molecule has 0 aliphatic heterocycles. The van der Waals surface area contributed by atoms with Gasteiger partial charge in [0.2, 0.25) is 11.9 Å². The highest BCUT2D eigenvalue weighted by atomic mass is 16.3. The molecule has 3 N–H and O–H groups in total. The average molecular weight is 316 g/mol. The Morgan fingerprint density at radius 3 is 2.43 bits per heavy atom. The predicted octanol–water partition coefficient (Wildman–Crippen LogP) is 1.30. The van der Waals surface area contributed by atoms with Crippen molar-refractivity contribution in [1.29, 1.82) is 0 Å². The first kappa shape index (κ1) is 17.0. The van der Waals surface area contributed by atoms with Crippen LogP contribution in [0.3, 0.4) is 0 Å². The third kappa shape index (κ3) is 4.79. The quantitative estimate of drug-likeness (QED) is 0.795. The van der Waals surface area contributed by atoms with Crippen molar-refractivity contribution in [2.45, 2.75) is 26.0 Å². The van der Waals surface area contributed by atoms with E-state index in [4.69, 9.17) is 5.73 Å². The van der Waals surface area contributed by atoms with Crippen molar-refractivity contribution in [3.8, 4) is 0 Å². The van der Waals surface area contributed by atoms with E-state index in [1.54, 1.807) is 4.90 Å². The molecule has 7 heteroatoms. The third-order valence-electron chi connectivity index (χ3n) is 3.44. The van der Waals surface area contributed by atoms with E-state index >= 15 is 0 Å². The minimum Gasteiger partial charge on any atom is -0.391 e. The Bertz CT molecular complexity index is 619. The molecule has 2 rings (SSSR count). The van der Waals surface area contributed by atoms with Gasteiger partial charge in [0.15, 0.2) is 5.82 Å². The number of hydrogen-bond acceptors (Lipinski definition) is 7. The molecule has 1 atom stereocenters. The zero-order valence-corrected chi connectivity index (χ0v) is 13.8. The van der Waals surface area contributed by atoms with Crippen molar-refractivity contribution in [2.75, 3.05) is 36.2 Å². The number of nitrogens with two attached hydrogens (primary N) is 1. The van der Waals surface area contributed by atoms with Crippen molar-refractivity contribution >= 4 is 17.6 Å². The van der Waals surface area contributed by atoms with E-state index < -0.39 is 6.10 Å². The van der Waals surface area contributed by atoms with Gasteiger partial charge in [-0.05, 0) is 18.6 Å². The lowest BCUT2D eigenvalue weighted by atomic mass is 10.2. The number of nitrogens with zero attached hydrogens (tertiary/aromatic N) is 5. The molecule has 1 aromatic carbocycles. The zero-order valence-electron chi connectivity index (χ0n) is 13.8. The first-order valence-electron chi connectivity index (χ1n) is 7.65. The molecule has 0 aliphatic carbocycles. The summed E-state index contributed by atoms with van der Waals surface area (Å²) in [5.41, 5.74) is 6.79. The van der Waals surface area contributed by atoms with E-state index in [1.807, 2.05) is 56.3 Å². The molecule has 0 spiro atoms. The van der Waals surface area contributed by atoms with Gasteiger partial charge in [-0.15, -0.1) is 0 Å². The summed E-state index contributed by atoms with van der Waals surface area (Å²) in [6, 6.07) is 9.89. The summed E-state index contributed by atoms with van der Waals surface area (Å²) in [5.74, 6) is 1.30. The molecule has 0 saturated carbocycles. The predicted molar refractivity (Wildman–Crippen MR) is 92.4 cm³/mol. The fraction of sp³-hybridized carbons (Fsp3) is 0.438. The molecule has 1 heterocycles. The average Bonchev–Trinajstić information content (AvgIpc) is 2.54. The van der Waals surface area contributed by atoms with Crippen LogP contribution >= 0.6 is 0 Å². The van der Waals surface area contributed by atoms with E-state index in [0.717, 1.165) is 5.69 Å². The van der Waals surface area contributed by atoms with E-state index in [0.29, 0.717) is 31.3 Å². The van der Waals surface area contributed by atoms with Gasteiger partial charge < -0.3 is 20.6 Å². The highest BCUT2D eigenvalue weighted by Crippen LogP contribution is 2.17. The summed E-state index contributed by atoms with van der Waals surface area (Å²) >= 11 is 0. The molecule has 0 radical (unpaired) electrons. The number of rotatable bonds is 7. The maximum atomic E-state index is 10.0. The van der Waals surface area contributed by atoms with Crippen molar-refractivity contribution in [2.24, 2.45) is 0 Å². The standard InChI is InChI=1S/C16H24N6O/c1-4-13(23)10-22(12-8-6-5-7-9-12)11-14-18-15(17)20-16(19-14)21(2)3/h5-9,13,23H,4,10-11H2,1-3H3,(H2,17,18,19,20)/t13-/m0/s1. The molecule has 0 fully saturated rings. The van der Waals surface area contributed by atoms with Crippen LogP contribution in [0.4, 0.5) is 17.6 Å². The number of para-hydroxylation sites is 1. The summed E-state index contributed by atoms with van der Waals surface area (Å²) in [7, 11) is 3.71. The summed E-state index contributed by atoms with van der Waals surface area (Å²) in [6.07, 6.45) is 0.272. The highest BCUT2D eigenvalue weighted by Gasteiger charge is 2.15. The molecular formula is C16H24N6O.